The number of carbonyl (C=O) groups is 1. The van der Waals surface area contributed by atoms with Crippen LogP contribution in [-0.2, 0) is 9.53 Å². The van der Waals surface area contributed by atoms with Gasteiger partial charge in [-0.1, -0.05) is 0 Å². The van der Waals surface area contributed by atoms with Crippen LogP contribution in [0.1, 0.15) is 19.8 Å². The van der Waals surface area contributed by atoms with E-state index in [-0.39, 0.29) is 18.1 Å². The van der Waals surface area contributed by atoms with Gasteiger partial charge in [0.05, 0.1) is 6.10 Å². The van der Waals surface area contributed by atoms with Crippen molar-refractivity contribution in [2.24, 2.45) is 0 Å². The second-order valence-electron chi connectivity index (χ2n) is 3.34. The molecule has 0 radical (unpaired) electrons. The Kier molecular flexibility index (Phi) is 2.45. The molecule has 76 valence electrons. The Labute approximate surface area is 81.1 Å². The van der Waals surface area contributed by atoms with Crippen LogP contribution in [0.5, 0.6) is 0 Å². The molecule has 2 N–H and O–H groups in total. The Balaban J connectivity index is 1.90. The first-order valence-corrected chi connectivity index (χ1v) is 4.57. The molecule has 2 atom stereocenters. The van der Waals surface area contributed by atoms with Crippen LogP contribution in [0.15, 0.2) is 6.33 Å². The molecule has 0 aliphatic carbocycles. The summed E-state index contributed by atoms with van der Waals surface area (Å²) in [7, 11) is 0. The van der Waals surface area contributed by atoms with Crippen molar-refractivity contribution in [2.75, 3.05) is 5.32 Å². The zero-order valence-electron chi connectivity index (χ0n) is 7.86. The van der Waals surface area contributed by atoms with Crippen molar-refractivity contribution in [1.29, 1.82) is 0 Å². The Hall–Kier alpha value is -1.43. The number of anilines is 1. The summed E-state index contributed by atoms with van der Waals surface area (Å²) in [5, 5.41) is 8.77. The number of hydrogen-bond donors (Lipinski definition) is 2. The van der Waals surface area contributed by atoms with E-state index in [1.807, 2.05) is 6.92 Å². The van der Waals surface area contributed by atoms with Gasteiger partial charge in [0.1, 0.15) is 12.4 Å². The number of carbonyl (C=O) groups excluding carboxylic acids is 1. The van der Waals surface area contributed by atoms with Crippen LogP contribution >= 0.6 is 0 Å². The highest BCUT2D eigenvalue weighted by molar-refractivity contribution is 5.92. The number of amides is 1. The number of hydrogen-bond acceptors (Lipinski definition) is 4. The van der Waals surface area contributed by atoms with Crippen LogP contribution in [0.2, 0.25) is 0 Å². The Bertz CT molecular complexity index is 311. The third-order valence-electron chi connectivity index (χ3n) is 2.18. The van der Waals surface area contributed by atoms with Crippen LogP contribution < -0.4 is 5.32 Å². The van der Waals surface area contributed by atoms with Gasteiger partial charge in [0, 0.05) is 0 Å². The smallest absolute Gasteiger partial charge is 0.255 e. The van der Waals surface area contributed by atoms with Crippen molar-refractivity contribution in [1.82, 2.24) is 15.2 Å². The molecule has 2 rings (SSSR count). The minimum Gasteiger partial charge on any atom is -0.365 e. The number of ether oxygens (including phenoxy) is 1. The van der Waals surface area contributed by atoms with Gasteiger partial charge in [-0.05, 0) is 19.8 Å². The van der Waals surface area contributed by atoms with E-state index in [2.05, 4.69) is 20.5 Å². The van der Waals surface area contributed by atoms with Gasteiger partial charge in [0.25, 0.3) is 5.91 Å². The maximum Gasteiger partial charge on any atom is 0.255 e. The number of aromatic nitrogens is 3. The van der Waals surface area contributed by atoms with Crippen LogP contribution in [0.25, 0.3) is 0 Å². The summed E-state index contributed by atoms with van der Waals surface area (Å²) in [6.45, 7) is 1.96. The van der Waals surface area contributed by atoms with Crippen LogP contribution in [-0.4, -0.2) is 33.3 Å². The van der Waals surface area contributed by atoms with E-state index in [0.29, 0.717) is 5.95 Å². The molecular formula is C8H12N4O2. The average molecular weight is 196 g/mol. The molecule has 1 amide bonds. The molecule has 1 aromatic rings. The highest BCUT2D eigenvalue weighted by Crippen LogP contribution is 2.19. The summed E-state index contributed by atoms with van der Waals surface area (Å²) in [6.07, 6.45) is 2.85. The monoisotopic (exact) mass is 196 g/mol. The van der Waals surface area contributed by atoms with Crippen molar-refractivity contribution in [3.63, 3.8) is 0 Å². The van der Waals surface area contributed by atoms with Gasteiger partial charge >= 0.3 is 0 Å². The molecule has 2 unspecified atom stereocenters. The van der Waals surface area contributed by atoms with Gasteiger partial charge in [-0.2, -0.15) is 10.1 Å². The lowest BCUT2D eigenvalue weighted by atomic mass is 10.2. The fourth-order valence-electron chi connectivity index (χ4n) is 1.46. The van der Waals surface area contributed by atoms with E-state index in [1.54, 1.807) is 0 Å². The van der Waals surface area contributed by atoms with Gasteiger partial charge in [-0.15, -0.1) is 0 Å². The highest BCUT2D eigenvalue weighted by Gasteiger charge is 2.28. The third-order valence-corrected chi connectivity index (χ3v) is 2.18. The SMILES string of the molecule is CC1CCC(C(=O)Nc2ncn[nH]2)O1. The molecule has 1 aliphatic rings. The summed E-state index contributed by atoms with van der Waals surface area (Å²) >= 11 is 0. The Morgan fingerprint density at radius 1 is 1.71 bits per heavy atom. The quantitative estimate of drug-likeness (QED) is 0.713. The first kappa shape index (κ1) is 9.14. The van der Waals surface area contributed by atoms with E-state index in [0.717, 1.165) is 12.8 Å². The maximum absolute atomic E-state index is 11.5. The van der Waals surface area contributed by atoms with E-state index in [9.17, 15) is 4.79 Å². The van der Waals surface area contributed by atoms with Gasteiger partial charge < -0.3 is 4.74 Å². The topological polar surface area (TPSA) is 79.9 Å². The second kappa shape index (κ2) is 3.75. The Morgan fingerprint density at radius 2 is 2.57 bits per heavy atom. The van der Waals surface area contributed by atoms with E-state index >= 15 is 0 Å². The number of aromatic amines is 1. The molecule has 0 spiro atoms. The summed E-state index contributed by atoms with van der Waals surface area (Å²) in [5.41, 5.74) is 0. The van der Waals surface area contributed by atoms with E-state index in [4.69, 9.17) is 4.74 Å². The lowest BCUT2D eigenvalue weighted by Gasteiger charge is -2.09. The van der Waals surface area contributed by atoms with Crippen LogP contribution in [0, 0.1) is 0 Å². The van der Waals surface area contributed by atoms with Gasteiger partial charge in [0.2, 0.25) is 5.95 Å². The number of rotatable bonds is 2. The highest BCUT2D eigenvalue weighted by atomic mass is 16.5. The summed E-state index contributed by atoms with van der Waals surface area (Å²) in [4.78, 5) is 15.3. The molecule has 2 heterocycles. The predicted octanol–water partition coefficient (Wildman–Crippen LogP) is 0.311. The third kappa shape index (κ3) is 1.90. The molecule has 6 heteroatoms. The molecule has 1 aromatic heterocycles. The normalized spacial score (nSPS) is 26.4. The first-order chi connectivity index (χ1) is 6.75. The van der Waals surface area contributed by atoms with Crippen LogP contribution in [0.4, 0.5) is 5.95 Å². The van der Waals surface area contributed by atoms with Crippen molar-refractivity contribution in [3.05, 3.63) is 6.33 Å². The number of nitrogens with zero attached hydrogens (tertiary/aromatic N) is 2. The van der Waals surface area contributed by atoms with E-state index < -0.39 is 0 Å². The zero-order chi connectivity index (χ0) is 9.97. The van der Waals surface area contributed by atoms with Crippen molar-refractivity contribution in [3.8, 4) is 0 Å². The van der Waals surface area contributed by atoms with Gasteiger partial charge in [-0.25, -0.2) is 5.10 Å². The molecule has 0 aromatic carbocycles. The molecule has 1 aliphatic heterocycles. The molecule has 1 fully saturated rings. The van der Waals surface area contributed by atoms with Gasteiger partial charge in [0.15, 0.2) is 0 Å². The lowest BCUT2D eigenvalue weighted by molar-refractivity contribution is -0.126. The standard InChI is InChI=1S/C8H12N4O2/c1-5-2-3-6(14-5)7(13)11-8-9-4-10-12-8/h4-6H,2-3H2,1H3,(H2,9,10,11,12,13). The molecule has 14 heavy (non-hydrogen) atoms. The fraction of sp³-hybridized carbons (Fsp3) is 0.625. The number of nitrogens with one attached hydrogen (secondary N) is 2. The predicted molar refractivity (Wildman–Crippen MR) is 48.6 cm³/mol. The summed E-state index contributed by atoms with van der Waals surface area (Å²) in [6, 6.07) is 0. The van der Waals surface area contributed by atoms with Gasteiger partial charge in [-0.3, -0.25) is 10.1 Å². The average Bonchev–Trinajstić information content (AvgIpc) is 2.75. The largest absolute Gasteiger partial charge is 0.365 e. The van der Waals surface area contributed by atoms with Crippen molar-refractivity contribution in [2.45, 2.75) is 32.0 Å². The number of H-pyrrole nitrogens is 1. The summed E-state index contributed by atoms with van der Waals surface area (Å²) < 4.78 is 5.40. The first-order valence-electron chi connectivity index (χ1n) is 4.57. The van der Waals surface area contributed by atoms with Crippen molar-refractivity contribution >= 4 is 11.9 Å². The Morgan fingerprint density at radius 3 is 3.14 bits per heavy atom. The molecule has 1 saturated heterocycles. The van der Waals surface area contributed by atoms with Crippen LogP contribution in [0.3, 0.4) is 0 Å². The van der Waals surface area contributed by atoms with E-state index in [1.165, 1.54) is 6.33 Å². The minimum atomic E-state index is -0.352. The molecule has 0 bridgehead atoms. The minimum absolute atomic E-state index is 0.161. The second-order valence-corrected chi connectivity index (χ2v) is 3.34. The van der Waals surface area contributed by atoms with Crippen molar-refractivity contribution < 1.29 is 9.53 Å². The fourth-order valence-corrected chi connectivity index (χ4v) is 1.46. The molecular weight excluding hydrogens is 184 g/mol. The lowest BCUT2D eigenvalue weighted by Crippen LogP contribution is -2.28. The summed E-state index contributed by atoms with van der Waals surface area (Å²) in [5.74, 6) is 0.198. The maximum atomic E-state index is 11.5. The molecule has 0 saturated carbocycles. The zero-order valence-corrected chi connectivity index (χ0v) is 7.86. The molecule has 6 nitrogen and oxygen atoms in total.